The number of benzene rings is 1. The minimum Gasteiger partial charge on any atom is -0.355 e. The first-order chi connectivity index (χ1) is 11.8. The number of nitrogens with zero attached hydrogens (tertiary/aromatic N) is 3. The lowest BCUT2D eigenvalue weighted by atomic mass is 9.95. The maximum atomic E-state index is 13.1. The number of amides is 1. The Labute approximate surface area is 146 Å². The third kappa shape index (κ3) is 3.49. The molecule has 1 aliphatic rings. The number of allylic oxidation sites excluding steroid dienone is 1. The van der Waals surface area contributed by atoms with Gasteiger partial charge >= 0.3 is 5.91 Å². The quantitative estimate of drug-likeness (QED) is 0.583. The molecule has 7 heteroatoms. The van der Waals surface area contributed by atoms with Gasteiger partial charge in [-0.15, -0.1) is 0 Å². The van der Waals surface area contributed by atoms with Gasteiger partial charge in [0, 0.05) is 12.2 Å². The van der Waals surface area contributed by atoms with Crippen LogP contribution >= 0.6 is 0 Å². The van der Waals surface area contributed by atoms with E-state index in [0.29, 0.717) is 12.2 Å². The molecule has 1 aromatic carbocycles. The molecule has 0 aliphatic carbocycles. The van der Waals surface area contributed by atoms with E-state index < -0.39 is 11.7 Å². The summed E-state index contributed by atoms with van der Waals surface area (Å²) in [5.74, 6) is -1.55. The molecule has 0 bridgehead atoms. The van der Waals surface area contributed by atoms with Crippen LogP contribution in [0.4, 0.5) is 0 Å². The van der Waals surface area contributed by atoms with Gasteiger partial charge in [-0.3, -0.25) is 4.79 Å². The van der Waals surface area contributed by atoms with Crippen molar-refractivity contribution >= 4 is 11.7 Å². The number of nitroso groups, excluding NO2 is 1. The predicted molar refractivity (Wildman–Crippen MR) is 89.1 cm³/mol. The van der Waals surface area contributed by atoms with Gasteiger partial charge in [0.1, 0.15) is 5.57 Å². The maximum absolute atomic E-state index is 13.1. The summed E-state index contributed by atoms with van der Waals surface area (Å²) in [6.07, 6.45) is 0. The summed E-state index contributed by atoms with van der Waals surface area (Å²) in [6, 6.07) is 6.75. The normalized spacial score (nSPS) is 14.5. The van der Waals surface area contributed by atoms with Gasteiger partial charge in [0.15, 0.2) is 12.4 Å². The largest absolute Gasteiger partial charge is 0.497 e. The number of carbonyl (C=O) groups excluding carboxylic acids is 2. The van der Waals surface area contributed by atoms with Gasteiger partial charge in [-0.2, -0.15) is 5.26 Å². The fourth-order valence-corrected chi connectivity index (χ4v) is 2.71. The average molecular weight is 342 g/mol. The topological polar surface area (TPSA) is 90.5 Å². The molecule has 1 aromatic rings. The van der Waals surface area contributed by atoms with Crippen LogP contribution in [0.2, 0.25) is 0 Å². The zero-order valence-electron chi connectivity index (χ0n) is 14.7. The van der Waals surface area contributed by atoms with Crippen molar-refractivity contribution in [3.8, 4) is 6.07 Å². The van der Waals surface area contributed by atoms with E-state index in [9.17, 15) is 14.5 Å². The Morgan fingerprint density at radius 3 is 2.60 bits per heavy atom. The van der Waals surface area contributed by atoms with Crippen LogP contribution in [0.5, 0.6) is 0 Å². The number of aryl methyl sites for hydroxylation is 1. The fraction of sp³-hybridized carbons (Fsp3) is 0.389. The van der Waals surface area contributed by atoms with Crippen LogP contribution in [-0.4, -0.2) is 34.9 Å². The van der Waals surface area contributed by atoms with Crippen molar-refractivity contribution in [2.24, 2.45) is 5.92 Å². The van der Waals surface area contributed by atoms with Gasteiger partial charge in [-0.1, -0.05) is 18.9 Å². The zero-order chi connectivity index (χ0) is 18.7. The van der Waals surface area contributed by atoms with Crippen LogP contribution in [0.1, 0.15) is 42.3 Å². The van der Waals surface area contributed by atoms with E-state index in [1.54, 1.807) is 39.8 Å². The lowest BCUT2D eigenvalue weighted by molar-refractivity contribution is -0.622. The van der Waals surface area contributed by atoms with E-state index in [1.165, 1.54) is 6.07 Å². The van der Waals surface area contributed by atoms with Crippen molar-refractivity contribution in [1.29, 1.82) is 5.26 Å². The molecule has 0 fully saturated rings. The molecule has 0 aromatic heterocycles. The van der Waals surface area contributed by atoms with Gasteiger partial charge < -0.3 is 4.74 Å². The molecule has 0 unspecified atom stereocenters. The average Bonchev–Trinajstić information content (AvgIpc) is 2.83. The first-order valence-electron chi connectivity index (χ1n) is 7.99. The highest BCUT2D eigenvalue weighted by Crippen LogP contribution is 2.30. The number of Topliss-reactive ketones (excluding diaryl/α,β-unsaturated/α-hetero) is 1. The van der Waals surface area contributed by atoms with Crippen LogP contribution in [0, 0.1) is 29.1 Å². The number of rotatable bonds is 6. The van der Waals surface area contributed by atoms with Crippen LogP contribution in [0.3, 0.4) is 0 Å². The van der Waals surface area contributed by atoms with E-state index in [-0.39, 0.29) is 34.4 Å². The Morgan fingerprint density at radius 2 is 2.04 bits per heavy atom. The summed E-state index contributed by atoms with van der Waals surface area (Å²) in [5.41, 5.74) is 1.51. The van der Waals surface area contributed by atoms with Crippen LogP contribution in [0.25, 0.3) is 0 Å². The highest BCUT2D eigenvalue weighted by molar-refractivity contribution is 6.13. The van der Waals surface area contributed by atoms with Gasteiger partial charge in [0.25, 0.3) is 0 Å². The second kappa shape index (κ2) is 7.36. The molecule has 1 aliphatic heterocycles. The molecule has 0 radical (unpaired) electrons. The van der Waals surface area contributed by atoms with Crippen LogP contribution < -0.4 is 0 Å². The van der Waals surface area contributed by atoms with Crippen molar-refractivity contribution in [2.75, 3.05) is 13.3 Å². The van der Waals surface area contributed by atoms with Gasteiger partial charge in [0.2, 0.25) is 10.7 Å². The van der Waals surface area contributed by atoms with Gasteiger partial charge in [-0.05, 0) is 43.5 Å². The SMILES string of the molecule is CCOCN1C(C(=O)c2cc(C)cc(C#N)c2)=C(C(C)C)C(=O)[N+]1=O. The number of hydrazine groups is 1. The number of ketones is 1. The Kier molecular flexibility index (Phi) is 5.45. The Hall–Kier alpha value is -2.85. The molecule has 25 heavy (non-hydrogen) atoms. The summed E-state index contributed by atoms with van der Waals surface area (Å²) in [7, 11) is 0. The molecule has 0 N–H and O–H groups in total. The summed E-state index contributed by atoms with van der Waals surface area (Å²) in [4.78, 5) is 37.8. The molecule has 1 heterocycles. The number of hydrogen-bond donors (Lipinski definition) is 0. The minimum absolute atomic E-state index is 0.0120. The Morgan fingerprint density at radius 1 is 1.36 bits per heavy atom. The number of ether oxygens (including phenoxy) is 1. The van der Waals surface area contributed by atoms with Crippen LogP contribution in [-0.2, 0) is 9.53 Å². The Balaban J connectivity index is 2.59. The highest BCUT2D eigenvalue weighted by atomic mass is 16.5. The van der Waals surface area contributed by atoms with Crippen molar-refractivity contribution in [3.63, 3.8) is 0 Å². The maximum Gasteiger partial charge on any atom is 0.497 e. The Bertz CT molecular complexity index is 818. The van der Waals surface area contributed by atoms with Gasteiger partial charge in [-0.25, -0.2) is 4.79 Å². The molecule has 2 rings (SSSR count). The molecule has 0 atom stereocenters. The lowest BCUT2D eigenvalue weighted by Crippen LogP contribution is -2.34. The summed E-state index contributed by atoms with van der Waals surface area (Å²) in [6.45, 7) is 7.15. The fourth-order valence-electron chi connectivity index (χ4n) is 2.71. The van der Waals surface area contributed by atoms with E-state index in [1.807, 2.05) is 6.07 Å². The van der Waals surface area contributed by atoms with Crippen LogP contribution in [0.15, 0.2) is 29.5 Å². The second-order valence-electron chi connectivity index (χ2n) is 6.05. The van der Waals surface area contributed by atoms with E-state index in [4.69, 9.17) is 10.00 Å². The summed E-state index contributed by atoms with van der Waals surface area (Å²) in [5, 5.41) is 10.1. The third-order valence-electron chi connectivity index (χ3n) is 3.82. The molecule has 1 amide bonds. The molecule has 0 saturated carbocycles. The van der Waals surface area contributed by atoms with Gasteiger partial charge in [0.05, 0.1) is 16.5 Å². The molecular formula is C18H20N3O4+. The lowest BCUT2D eigenvalue weighted by Gasteiger charge is -2.12. The monoisotopic (exact) mass is 342 g/mol. The highest BCUT2D eigenvalue weighted by Gasteiger charge is 2.51. The predicted octanol–water partition coefficient (Wildman–Crippen LogP) is 2.49. The smallest absolute Gasteiger partial charge is 0.355 e. The van der Waals surface area contributed by atoms with E-state index in [0.717, 1.165) is 10.6 Å². The van der Waals surface area contributed by atoms with Crippen molar-refractivity contribution < 1.29 is 19.2 Å². The summed E-state index contributed by atoms with van der Waals surface area (Å²) < 4.78 is 5.24. The van der Waals surface area contributed by atoms with E-state index >= 15 is 0 Å². The van der Waals surface area contributed by atoms with Crippen molar-refractivity contribution in [1.82, 2.24) is 5.01 Å². The third-order valence-corrected chi connectivity index (χ3v) is 3.82. The zero-order valence-corrected chi connectivity index (χ0v) is 14.7. The number of nitriles is 1. The van der Waals surface area contributed by atoms with Crippen molar-refractivity contribution in [3.05, 3.63) is 51.1 Å². The molecule has 130 valence electrons. The second-order valence-corrected chi connectivity index (χ2v) is 6.05. The molecule has 0 saturated heterocycles. The standard InChI is InChI=1S/C18H20N3O4/c1-5-25-10-20-16(15(11(2)3)18(23)21(20)24)17(22)14-7-12(4)6-13(8-14)9-19/h6-8,11H,5,10H2,1-4H3/q+1. The first-order valence-corrected chi connectivity index (χ1v) is 7.99. The molecule has 0 spiro atoms. The summed E-state index contributed by atoms with van der Waals surface area (Å²) >= 11 is 0. The molecule has 7 nitrogen and oxygen atoms in total. The first kappa shape index (κ1) is 18.5. The number of carbonyl (C=O) groups is 2. The minimum atomic E-state index is -0.758. The van der Waals surface area contributed by atoms with Crippen molar-refractivity contribution in [2.45, 2.75) is 27.7 Å². The van der Waals surface area contributed by atoms with E-state index in [2.05, 4.69) is 0 Å². The molecular weight excluding hydrogens is 322 g/mol. The number of hydrogen-bond acceptors (Lipinski definition) is 5.